The number of rotatable bonds is 8. The number of nitrogens with zero attached hydrogens (tertiary/aromatic N) is 2. The molecule has 0 aliphatic carbocycles. The monoisotopic (exact) mass is 550 g/mol. The average molecular weight is 551 g/mol. The van der Waals surface area contributed by atoms with E-state index in [1.165, 1.54) is 24.1 Å². The van der Waals surface area contributed by atoms with Crippen molar-refractivity contribution < 1.29 is 32.2 Å². The Balaban J connectivity index is 2.02. The first-order valence-corrected chi connectivity index (χ1v) is 13.8. The van der Waals surface area contributed by atoms with Crippen LogP contribution in [-0.2, 0) is 10.0 Å². The molecule has 1 aliphatic rings. The third kappa shape index (κ3) is 6.61. The molecule has 0 bridgehead atoms. The van der Waals surface area contributed by atoms with Crippen LogP contribution in [0.15, 0.2) is 47.4 Å². The van der Waals surface area contributed by atoms with Gasteiger partial charge in [0.25, 0.3) is 5.91 Å². The molecule has 3 amide bonds. The van der Waals surface area contributed by atoms with E-state index in [1.807, 2.05) is 6.92 Å². The molecular formula is C26H35FN4O6S. The van der Waals surface area contributed by atoms with Gasteiger partial charge in [-0.2, -0.15) is 4.31 Å². The highest BCUT2D eigenvalue weighted by atomic mass is 32.2. The number of aliphatic hydroxyl groups is 1. The van der Waals surface area contributed by atoms with E-state index in [2.05, 4.69) is 10.6 Å². The van der Waals surface area contributed by atoms with E-state index in [0.29, 0.717) is 0 Å². The summed E-state index contributed by atoms with van der Waals surface area (Å²) >= 11 is 0. The summed E-state index contributed by atoms with van der Waals surface area (Å²) in [4.78, 5) is 27.4. The van der Waals surface area contributed by atoms with Crippen LogP contribution in [0.1, 0.15) is 38.1 Å². The fraction of sp³-hybridized carbons (Fsp3) is 0.462. The molecule has 0 spiro atoms. The first-order valence-electron chi connectivity index (χ1n) is 12.4. The minimum atomic E-state index is -3.98. The second kappa shape index (κ2) is 12.1. The van der Waals surface area contributed by atoms with Crippen molar-refractivity contribution in [1.29, 1.82) is 0 Å². The highest BCUT2D eigenvalue weighted by molar-refractivity contribution is 7.89. The number of fused-ring (bicyclic) bond motifs is 1. The van der Waals surface area contributed by atoms with Crippen LogP contribution in [0, 0.1) is 11.7 Å². The van der Waals surface area contributed by atoms with E-state index in [4.69, 9.17) is 4.74 Å². The van der Waals surface area contributed by atoms with Crippen LogP contribution in [-0.4, -0.2) is 79.6 Å². The molecule has 12 heteroatoms. The Bertz CT molecular complexity index is 1250. The number of ether oxygens (including phenoxy) is 1. The Labute approximate surface area is 222 Å². The number of sulfonamides is 1. The number of urea groups is 1. The summed E-state index contributed by atoms with van der Waals surface area (Å²) < 4.78 is 47.2. The maximum absolute atomic E-state index is 13.5. The van der Waals surface area contributed by atoms with Crippen molar-refractivity contribution in [2.24, 2.45) is 5.92 Å². The molecule has 10 nitrogen and oxygen atoms in total. The Kier molecular flexibility index (Phi) is 9.34. The number of carbonyl (C=O) groups excluding carboxylic acids is 2. The summed E-state index contributed by atoms with van der Waals surface area (Å²) in [5.74, 6) is -1.20. The molecule has 1 aliphatic heterocycles. The molecule has 2 aromatic carbocycles. The summed E-state index contributed by atoms with van der Waals surface area (Å²) in [7, 11) is -2.58. The molecule has 0 aromatic heterocycles. The van der Waals surface area contributed by atoms with Gasteiger partial charge in [-0.05, 0) is 57.2 Å². The SMILES string of the molecule is CC(C)NC(=O)Nc1cccc2c1O[C@@H](CN(C)S(=O)(=O)c1ccc(F)cc1)[C@@H](C)CN([C@@H](C)CO)C2=O. The lowest BCUT2D eigenvalue weighted by Gasteiger charge is -2.38. The highest BCUT2D eigenvalue weighted by Gasteiger charge is 2.36. The van der Waals surface area contributed by atoms with E-state index >= 15 is 0 Å². The third-order valence-electron chi connectivity index (χ3n) is 6.32. The zero-order chi connectivity index (χ0) is 28.2. The van der Waals surface area contributed by atoms with E-state index in [1.54, 1.807) is 39.0 Å². The quantitative estimate of drug-likeness (QED) is 0.464. The molecule has 2 aromatic rings. The molecular weight excluding hydrogens is 515 g/mol. The summed E-state index contributed by atoms with van der Waals surface area (Å²) in [6.45, 7) is 6.97. The molecule has 0 fully saturated rings. The maximum Gasteiger partial charge on any atom is 0.319 e. The number of aliphatic hydroxyl groups excluding tert-OH is 1. The van der Waals surface area contributed by atoms with Gasteiger partial charge in [0.15, 0.2) is 5.75 Å². The number of hydrogen-bond acceptors (Lipinski definition) is 6. The lowest BCUT2D eigenvalue weighted by atomic mass is 9.99. The number of nitrogens with one attached hydrogen (secondary N) is 2. The predicted molar refractivity (Wildman–Crippen MR) is 141 cm³/mol. The molecule has 0 saturated heterocycles. The number of halogens is 1. The number of benzene rings is 2. The van der Waals surface area contributed by atoms with Crippen molar-refractivity contribution in [2.45, 2.75) is 50.8 Å². The number of anilines is 1. The Hall–Kier alpha value is -3.22. The minimum absolute atomic E-state index is 0.0706. The van der Waals surface area contributed by atoms with E-state index < -0.39 is 34.0 Å². The molecule has 0 saturated carbocycles. The van der Waals surface area contributed by atoms with Crippen molar-refractivity contribution in [3.63, 3.8) is 0 Å². The molecule has 38 heavy (non-hydrogen) atoms. The highest BCUT2D eigenvalue weighted by Crippen LogP contribution is 2.35. The summed E-state index contributed by atoms with van der Waals surface area (Å²) in [6, 6.07) is 8.15. The van der Waals surface area contributed by atoms with Gasteiger partial charge in [0.2, 0.25) is 10.0 Å². The van der Waals surface area contributed by atoms with Gasteiger partial charge in [-0.25, -0.2) is 17.6 Å². The number of likely N-dealkylation sites (N-methyl/N-ethyl adjacent to an activating group) is 1. The Morgan fingerprint density at radius 2 is 1.87 bits per heavy atom. The van der Waals surface area contributed by atoms with E-state index in [0.717, 1.165) is 16.4 Å². The van der Waals surface area contributed by atoms with Crippen LogP contribution >= 0.6 is 0 Å². The van der Waals surface area contributed by atoms with Crippen LogP contribution in [0.25, 0.3) is 0 Å². The van der Waals surface area contributed by atoms with Gasteiger partial charge >= 0.3 is 6.03 Å². The van der Waals surface area contributed by atoms with Crippen molar-refractivity contribution in [1.82, 2.24) is 14.5 Å². The summed E-state index contributed by atoms with van der Waals surface area (Å²) in [5, 5.41) is 15.3. The standard InChI is InChI=1S/C26H35FN4O6S/c1-16(2)28-26(34)29-22-8-6-7-21-24(22)37-23(17(3)13-31(25(21)33)18(4)15-32)14-30(5)38(35,36)20-11-9-19(27)10-12-20/h6-12,16-18,23,32H,13-15H2,1-5H3,(H2,28,29,34)/t17-,18-,23-/m0/s1. The third-order valence-corrected chi connectivity index (χ3v) is 8.16. The second-order valence-electron chi connectivity index (χ2n) is 9.80. The first kappa shape index (κ1) is 29.3. The zero-order valence-electron chi connectivity index (χ0n) is 22.1. The van der Waals surface area contributed by atoms with Crippen LogP contribution in [0.2, 0.25) is 0 Å². The van der Waals surface area contributed by atoms with Crippen molar-refractivity contribution in [3.8, 4) is 5.75 Å². The van der Waals surface area contributed by atoms with Crippen molar-refractivity contribution >= 4 is 27.6 Å². The molecule has 3 rings (SSSR count). The Morgan fingerprint density at radius 1 is 1.21 bits per heavy atom. The molecule has 0 radical (unpaired) electrons. The van der Waals surface area contributed by atoms with Gasteiger partial charge in [-0.15, -0.1) is 0 Å². The topological polar surface area (TPSA) is 128 Å². The number of para-hydroxylation sites is 1. The van der Waals surface area contributed by atoms with Crippen molar-refractivity contribution in [2.75, 3.05) is 32.1 Å². The van der Waals surface area contributed by atoms with Crippen LogP contribution in [0.5, 0.6) is 5.75 Å². The minimum Gasteiger partial charge on any atom is -0.486 e. The number of carbonyl (C=O) groups is 2. The van der Waals surface area contributed by atoms with Crippen LogP contribution in [0.4, 0.5) is 14.9 Å². The normalized spacial score (nSPS) is 18.9. The lowest BCUT2D eigenvalue weighted by molar-refractivity contribution is 0.0389. The van der Waals surface area contributed by atoms with Gasteiger partial charge in [0.1, 0.15) is 11.9 Å². The van der Waals surface area contributed by atoms with E-state index in [-0.39, 0.29) is 59.5 Å². The van der Waals surface area contributed by atoms with Gasteiger partial charge in [-0.3, -0.25) is 4.79 Å². The van der Waals surface area contributed by atoms with Crippen LogP contribution < -0.4 is 15.4 Å². The van der Waals surface area contributed by atoms with E-state index in [9.17, 15) is 27.5 Å². The lowest BCUT2D eigenvalue weighted by Crippen LogP contribution is -2.50. The molecule has 3 atom stereocenters. The number of hydrogen-bond donors (Lipinski definition) is 3. The molecule has 3 N–H and O–H groups in total. The second-order valence-corrected chi connectivity index (χ2v) is 11.8. The fourth-order valence-corrected chi connectivity index (χ4v) is 5.30. The Morgan fingerprint density at radius 3 is 2.47 bits per heavy atom. The number of amides is 3. The molecule has 0 unspecified atom stereocenters. The zero-order valence-corrected chi connectivity index (χ0v) is 23.0. The summed E-state index contributed by atoms with van der Waals surface area (Å²) in [5.41, 5.74) is 0.419. The van der Waals surface area contributed by atoms with Gasteiger partial charge in [0.05, 0.1) is 35.3 Å². The van der Waals surface area contributed by atoms with Gasteiger partial charge < -0.3 is 25.4 Å². The predicted octanol–water partition coefficient (Wildman–Crippen LogP) is 2.90. The maximum atomic E-state index is 13.5. The van der Waals surface area contributed by atoms with Crippen LogP contribution in [0.3, 0.4) is 0 Å². The van der Waals surface area contributed by atoms with Crippen molar-refractivity contribution in [3.05, 3.63) is 53.8 Å². The smallest absolute Gasteiger partial charge is 0.319 e. The van der Waals surface area contributed by atoms with Gasteiger partial charge in [-0.1, -0.05) is 13.0 Å². The molecule has 208 valence electrons. The average Bonchev–Trinajstić information content (AvgIpc) is 2.85. The van der Waals surface area contributed by atoms with Gasteiger partial charge in [0, 0.05) is 25.6 Å². The fourth-order valence-electron chi connectivity index (χ4n) is 4.12. The largest absolute Gasteiger partial charge is 0.486 e. The summed E-state index contributed by atoms with van der Waals surface area (Å²) in [6.07, 6.45) is -0.744. The first-order chi connectivity index (χ1) is 17.8. The molecule has 1 heterocycles.